The number of hydrogen-bond acceptors (Lipinski definition) is 5. The van der Waals surface area contributed by atoms with E-state index in [4.69, 9.17) is 16.3 Å². The summed E-state index contributed by atoms with van der Waals surface area (Å²) < 4.78 is 34.1. The normalized spacial score (nSPS) is 12.1. The van der Waals surface area contributed by atoms with Gasteiger partial charge in [0.05, 0.1) is 17.7 Å². The van der Waals surface area contributed by atoms with Crippen LogP contribution in [0.15, 0.2) is 77.7 Å². The van der Waals surface area contributed by atoms with Crippen molar-refractivity contribution in [3.05, 3.63) is 88.9 Å². The lowest BCUT2D eigenvalue weighted by atomic mass is 10.1. The van der Waals surface area contributed by atoms with E-state index in [9.17, 15) is 18.0 Å². The van der Waals surface area contributed by atoms with Gasteiger partial charge in [0.25, 0.3) is 10.0 Å². The average molecular weight is 586 g/mol. The summed E-state index contributed by atoms with van der Waals surface area (Å²) in [6.07, 6.45) is 0.336. The van der Waals surface area contributed by atoms with Gasteiger partial charge in [-0.1, -0.05) is 48.4 Å². The van der Waals surface area contributed by atoms with Gasteiger partial charge in [0.2, 0.25) is 11.8 Å². The molecule has 0 radical (unpaired) electrons. The Morgan fingerprint density at radius 2 is 1.65 bits per heavy atom. The molecule has 0 spiro atoms. The molecule has 3 rings (SSSR count). The Morgan fingerprint density at radius 1 is 1.00 bits per heavy atom. The van der Waals surface area contributed by atoms with Gasteiger partial charge < -0.3 is 15.0 Å². The predicted molar refractivity (Wildman–Crippen MR) is 158 cm³/mol. The van der Waals surface area contributed by atoms with Crippen LogP contribution in [0.2, 0.25) is 5.02 Å². The molecule has 1 atom stereocenters. The van der Waals surface area contributed by atoms with E-state index >= 15 is 0 Å². The van der Waals surface area contributed by atoms with Crippen molar-refractivity contribution in [1.82, 2.24) is 10.2 Å². The van der Waals surface area contributed by atoms with E-state index in [2.05, 4.69) is 5.32 Å². The highest BCUT2D eigenvalue weighted by Gasteiger charge is 2.33. The number of carbonyl (C=O) groups excluding carboxylic acids is 2. The fourth-order valence-corrected chi connectivity index (χ4v) is 5.78. The Bertz CT molecular complexity index is 1410. The van der Waals surface area contributed by atoms with E-state index in [1.54, 1.807) is 49.6 Å². The summed E-state index contributed by atoms with van der Waals surface area (Å²) in [4.78, 5) is 28.7. The van der Waals surface area contributed by atoms with Crippen molar-refractivity contribution in [2.75, 3.05) is 18.0 Å². The Morgan fingerprint density at radius 3 is 2.23 bits per heavy atom. The first-order chi connectivity index (χ1) is 19.0. The first kappa shape index (κ1) is 31.0. The molecule has 0 aliphatic rings. The van der Waals surface area contributed by atoms with Crippen LogP contribution in [0, 0.1) is 6.92 Å². The molecule has 3 aromatic carbocycles. The van der Waals surface area contributed by atoms with Crippen LogP contribution in [0.3, 0.4) is 0 Å². The summed E-state index contributed by atoms with van der Waals surface area (Å²) in [5.74, 6) is -0.223. The minimum atomic E-state index is -4.16. The van der Waals surface area contributed by atoms with Crippen LogP contribution in [-0.2, 0) is 26.2 Å². The van der Waals surface area contributed by atoms with Crippen molar-refractivity contribution in [1.29, 1.82) is 0 Å². The lowest BCUT2D eigenvalue weighted by molar-refractivity contribution is -0.140. The molecule has 2 amide bonds. The van der Waals surface area contributed by atoms with Crippen LogP contribution in [0.4, 0.5) is 5.69 Å². The third kappa shape index (κ3) is 7.76. The molecule has 214 valence electrons. The van der Waals surface area contributed by atoms with E-state index in [0.29, 0.717) is 22.9 Å². The number of benzene rings is 3. The van der Waals surface area contributed by atoms with Gasteiger partial charge in [0.15, 0.2) is 0 Å². The summed E-state index contributed by atoms with van der Waals surface area (Å²) in [5.41, 5.74) is 2.01. The Kier molecular flexibility index (Phi) is 10.6. The number of hydrogen-bond donors (Lipinski definition) is 1. The molecule has 0 heterocycles. The van der Waals surface area contributed by atoms with Gasteiger partial charge in [0.1, 0.15) is 18.3 Å². The number of nitrogens with one attached hydrogen (secondary N) is 1. The molecular formula is C30H36ClN3O5S. The zero-order valence-corrected chi connectivity index (χ0v) is 25.0. The number of rotatable bonds is 12. The van der Waals surface area contributed by atoms with Crippen molar-refractivity contribution in [3.8, 4) is 5.75 Å². The minimum absolute atomic E-state index is 0.00536. The third-order valence-electron chi connectivity index (χ3n) is 6.31. The number of anilines is 1. The molecule has 10 heteroatoms. The van der Waals surface area contributed by atoms with Crippen LogP contribution in [0.5, 0.6) is 5.75 Å². The first-order valence-electron chi connectivity index (χ1n) is 13.0. The van der Waals surface area contributed by atoms with Gasteiger partial charge >= 0.3 is 0 Å². The van der Waals surface area contributed by atoms with Gasteiger partial charge in [0, 0.05) is 17.6 Å². The molecule has 0 saturated carbocycles. The Balaban J connectivity index is 2.06. The molecule has 0 fully saturated rings. The number of sulfonamides is 1. The highest BCUT2D eigenvalue weighted by Crippen LogP contribution is 2.26. The molecular weight excluding hydrogens is 550 g/mol. The zero-order chi connectivity index (χ0) is 29.4. The second kappa shape index (κ2) is 13.7. The predicted octanol–water partition coefficient (Wildman–Crippen LogP) is 5.18. The minimum Gasteiger partial charge on any atom is -0.497 e. The Labute approximate surface area is 241 Å². The van der Waals surface area contributed by atoms with Crippen molar-refractivity contribution in [3.63, 3.8) is 0 Å². The maximum absolute atomic E-state index is 14.1. The largest absolute Gasteiger partial charge is 0.497 e. The maximum atomic E-state index is 14.1. The van der Waals surface area contributed by atoms with Crippen LogP contribution in [0.1, 0.15) is 38.3 Å². The van der Waals surface area contributed by atoms with Crippen LogP contribution >= 0.6 is 11.6 Å². The van der Waals surface area contributed by atoms with Gasteiger partial charge in [-0.25, -0.2) is 8.42 Å². The molecule has 1 N–H and O–H groups in total. The van der Waals surface area contributed by atoms with Crippen molar-refractivity contribution in [2.24, 2.45) is 0 Å². The number of halogens is 1. The van der Waals surface area contributed by atoms with E-state index in [1.807, 2.05) is 33.8 Å². The summed E-state index contributed by atoms with van der Waals surface area (Å²) in [6.45, 7) is 6.97. The topological polar surface area (TPSA) is 96.0 Å². The number of amides is 2. The highest BCUT2D eigenvalue weighted by atomic mass is 35.5. The van der Waals surface area contributed by atoms with Gasteiger partial charge in [-0.05, 0) is 81.3 Å². The second-order valence-electron chi connectivity index (χ2n) is 9.76. The van der Waals surface area contributed by atoms with E-state index in [1.165, 1.54) is 29.2 Å². The number of nitrogens with zero attached hydrogens (tertiary/aromatic N) is 2. The van der Waals surface area contributed by atoms with Crippen molar-refractivity contribution < 1.29 is 22.7 Å². The standard InChI is InChI=1S/C30H36ClN3O5S/c1-6-28(30(36)32-21(2)3)33(19-23-8-7-9-26(18-23)39-5)29(35)20-34(25-14-10-22(4)11-15-25)40(37,38)27-16-12-24(31)13-17-27/h7-18,21,28H,6,19-20H2,1-5H3,(H,32,36). The van der Waals surface area contributed by atoms with Gasteiger partial charge in [-0.2, -0.15) is 0 Å². The summed E-state index contributed by atoms with van der Waals surface area (Å²) >= 11 is 6.00. The molecule has 8 nitrogen and oxygen atoms in total. The lowest BCUT2D eigenvalue weighted by Crippen LogP contribution is -2.53. The average Bonchev–Trinajstić information content (AvgIpc) is 2.92. The zero-order valence-electron chi connectivity index (χ0n) is 23.4. The lowest BCUT2D eigenvalue weighted by Gasteiger charge is -2.33. The summed E-state index contributed by atoms with van der Waals surface area (Å²) in [7, 11) is -2.61. The molecule has 0 aliphatic carbocycles. The fourth-order valence-electron chi connectivity index (χ4n) is 4.24. The smallest absolute Gasteiger partial charge is 0.264 e. The second-order valence-corrected chi connectivity index (χ2v) is 12.1. The van der Waals surface area contributed by atoms with Crippen LogP contribution in [-0.4, -0.2) is 50.9 Å². The maximum Gasteiger partial charge on any atom is 0.264 e. The van der Waals surface area contributed by atoms with Gasteiger partial charge in [-0.15, -0.1) is 0 Å². The number of aryl methyl sites for hydroxylation is 1. The molecule has 0 saturated heterocycles. The SMILES string of the molecule is CCC(C(=O)NC(C)C)N(Cc1cccc(OC)c1)C(=O)CN(c1ccc(C)cc1)S(=O)(=O)c1ccc(Cl)cc1. The Hall–Kier alpha value is -3.56. The number of methoxy groups -OCH3 is 1. The molecule has 1 unspecified atom stereocenters. The molecule has 0 aromatic heterocycles. The van der Waals surface area contributed by atoms with Crippen molar-refractivity contribution in [2.45, 2.75) is 57.6 Å². The third-order valence-corrected chi connectivity index (χ3v) is 8.35. The van der Waals surface area contributed by atoms with Crippen molar-refractivity contribution >= 4 is 39.1 Å². The van der Waals surface area contributed by atoms with E-state index in [-0.39, 0.29) is 23.4 Å². The number of ether oxygens (including phenoxy) is 1. The van der Waals surface area contributed by atoms with Crippen LogP contribution in [0.25, 0.3) is 0 Å². The molecule has 3 aromatic rings. The first-order valence-corrected chi connectivity index (χ1v) is 14.9. The highest BCUT2D eigenvalue weighted by molar-refractivity contribution is 7.92. The fraction of sp³-hybridized carbons (Fsp3) is 0.333. The molecule has 40 heavy (non-hydrogen) atoms. The van der Waals surface area contributed by atoms with Gasteiger partial charge in [-0.3, -0.25) is 13.9 Å². The van der Waals surface area contributed by atoms with E-state index < -0.39 is 28.5 Å². The molecule has 0 aliphatic heterocycles. The quantitative estimate of drug-likeness (QED) is 0.316. The van der Waals surface area contributed by atoms with Crippen LogP contribution < -0.4 is 14.4 Å². The number of carbonyl (C=O) groups is 2. The monoisotopic (exact) mass is 585 g/mol. The van der Waals surface area contributed by atoms with E-state index in [0.717, 1.165) is 15.4 Å². The molecule has 0 bridgehead atoms. The summed E-state index contributed by atoms with van der Waals surface area (Å²) in [6, 6.07) is 18.9. The summed E-state index contributed by atoms with van der Waals surface area (Å²) in [5, 5.41) is 3.28.